The van der Waals surface area contributed by atoms with Gasteiger partial charge in [-0.2, -0.15) is 0 Å². The molecule has 35 heavy (non-hydrogen) atoms. The topological polar surface area (TPSA) is 55.8 Å². The highest BCUT2D eigenvalue weighted by atomic mass is 35.5. The number of imide groups is 1. The summed E-state index contributed by atoms with van der Waals surface area (Å²) < 4.78 is 11.7. The van der Waals surface area contributed by atoms with Crippen molar-refractivity contribution in [1.29, 1.82) is 0 Å². The van der Waals surface area contributed by atoms with E-state index in [9.17, 15) is 9.59 Å². The third-order valence-electron chi connectivity index (χ3n) is 5.44. The van der Waals surface area contributed by atoms with Crippen molar-refractivity contribution in [1.82, 2.24) is 4.90 Å². The Morgan fingerprint density at radius 3 is 2.43 bits per heavy atom. The molecule has 1 aliphatic rings. The second-order valence-corrected chi connectivity index (χ2v) is 9.41. The fourth-order valence-corrected chi connectivity index (χ4v) is 4.66. The molecule has 0 atom stereocenters. The highest BCUT2D eigenvalue weighted by Gasteiger charge is 2.34. The van der Waals surface area contributed by atoms with E-state index in [0.29, 0.717) is 41.2 Å². The van der Waals surface area contributed by atoms with Crippen LogP contribution in [0.25, 0.3) is 6.08 Å². The number of aryl methyl sites for hydroxylation is 1. The Bertz CT molecular complexity index is 1210. The first-order valence-electron chi connectivity index (χ1n) is 11.5. The van der Waals surface area contributed by atoms with E-state index in [2.05, 4.69) is 0 Å². The van der Waals surface area contributed by atoms with Crippen LogP contribution in [-0.4, -0.2) is 29.2 Å². The molecule has 1 aliphatic heterocycles. The fourth-order valence-electron chi connectivity index (χ4n) is 3.67. The summed E-state index contributed by atoms with van der Waals surface area (Å²) in [5, 5.41) is 0.441. The SMILES string of the molecule is CCOc1cc(/C=C2/SC(=O)N(CCCc3ccccc3)C2=O)ccc1OCc1ccc(Cl)cc1. The zero-order chi connectivity index (χ0) is 24.6. The number of halogens is 1. The van der Waals surface area contributed by atoms with E-state index in [4.69, 9.17) is 21.1 Å². The molecule has 1 fully saturated rings. The van der Waals surface area contributed by atoms with Crippen molar-refractivity contribution in [2.45, 2.75) is 26.4 Å². The zero-order valence-corrected chi connectivity index (χ0v) is 21.0. The highest BCUT2D eigenvalue weighted by molar-refractivity contribution is 8.18. The minimum absolute atomic E-state index is 0.234. The van der Waals surface area contributed by atoms with E-state index in [1.807, 2.05) is 79.7 Å². The fraction of sp³-hybridized carbons (Fsp3) is 0.214. The van der Waals surface area contributed by atoms with Crippen molar-refractivity contribution in [3.8, 4) is 11.5 Å². The zero-order valence-electron chi connectivity index (χ0n) is 19.4. The highest BCUT2D eigenvalue weighted by Crippen LogP contribution is 2.35. The molecule has 7 heteroatoms. The van der Waals surface area contributed by atoms with Gasteiger partial charge in [-0.25, -0.2) is 0 Å². The summed E-state index contributed by atoms with van der Waals surface area (Å²) in [6.07, 6.45) is 3.27. The van der Waals surface area contributed by atoms with E-state index in [1.54, 1.807) is 6.08 Å². The van der Waals surface area contributed by atoms with Crippen LogP contribution in [0.5, 0.6) is 11.5 Å². The maximum absolute atomic E-state index is 12.9. The Balaban J connectivity index is 1.42. The van der Waals surface area contributed by atoms with Gasteiger partial charge in [0.25, 0.3) is 11.1 Å². The molecule has 0 aromatic heterocycles. The lowest BCUT2D eigenvalue weighted by molar-refractivity contribution is -0.122. The van der Waals surface area contributed by atoms with Crippen LogP contribution in [0.2, 0.25) is 5.02 Å². The molecule has 1 heterocycles. The first-order valence-corrected chi connectivity index (χ1v) is 12.7. The first-order chi connectivity index (χ1) is 17.0. The maximum Gasteiger partial charge on any atom is 0.293 e. The largest absolute Gasteiger partial charge is 0.490 e. The predicted octanol–water partition coefficient (Wildman–Crippen LogP) is 6.99. The summed E-state index contributed by atoms with van der Waals surface area (Å²) in [4.78, 5) is 27.1. The number of rotatable bonds is 10. The van der Waals surface area contributed by atoms with E-state index in [1.165, 1.54) is 10.5 Å². The summed E-state index contributed by atoms with van der Waals surface area (Å²) in [6.45, 7) is 3.15. The Kier molecular flexibility index (Phi) is 8.50. The van der Waals surface area contributed by atoms with Crippen molar-refractivity contribution < 1.29 is 19.1 Å². The summed E-state index contributed by atoms with van der Waals surface area (Å²) in [7, 11) is 0. The number of nitrogens with zero attached hydrogens (tertiary/aromatic N) is 1. The number of hydrogen-bond donors (Lipinski definition) is 0. The number of ether oxygens (including phenoxy) is 2. The van der Waals surface area contributed by atoms with E-state index in [0.717, 1.165) is 35.7 Å². The molecule has 0 aliphatic carbocycles. The molecule has 0 N–H and O–H groups in total. The average Bonchev–Trinajstić information content (AvgIpc) is 3.13. The Hall–Kier alpha value is -3.22. The van der Waals surface area contributed by atoms with Crippen molar-refractivity contribution in [2.24, 2.45) is 0 Å². The smallest absolute Gasteiger partial charge is 0.293 e. The predicted molar refractivity (Wildman–Crippen MR) is 141 cm³/mol. The van der Waals surface area contributed by atoms with E-state index >= 15 is 0 Å². The van der Waals surface area contributed by atoms with E-state index in [-0.39, 0.29) is 11.1 Å². The van der Waals surface area contributed by atoms with Crippen LogP contribution in [0, 0.1) is 0 Å². The van der Waals surface area contributed by atoms with Gasteiger partial charge in [-0.1, -0.05) is 60.1 Å². The van der Waals surface area contributed by atoms with Gasteiger partial charge in [0, 0.05) is 11.6 Å². The lowest BCUT2D eigenvalue weighted by Crippen LogP contribution is -2.29. The quantitative estimate of drug-likeness (QED) is 0.277. The molecule has 0 spiro atoms. The summed E-state index contributed by atoms with van der Waals surface area (Å²) in [5.74, 6) is 0.930. The number of thioether (sulfide) groups is 1. The molecule has 1 saturated heterocycles. The van der Waals surface area contributed by atoms with Gasteiger partial charge in [0.1, 0.15) is 6.61 Å². The number of amides is 2. The number of carbonyl (C=O) groups excluding carboxylic acids is 2. The molecule has 4 rings (SSSR count). The molecule has 3 aromatic rings. The monoisotopic (exact) mass is 507 g/mol. The number of carbonyl (C=O) groups is 2. The van der Waals surface area contributed by atoms with Crippen LogP contribution in [0.4, 0.5) is 4.79 Å². The van der Waals surface area contributed by atoms with Crippen LogP contribution in [0.3, 0.4) is 0 Å². The van der Waals surface area contributed by atoms with Gasteiger partial charge in [0.05, 0.1) is 11.5 Å². The van der Waals surface area contributed by atoms with Gasteiger partial charge in [-0.05, 0) is 78.6 Å². The molecular weight excluding hydrogens is 482 g/mol. The summed E-state index contributed by atoms with van der Waals surface area (Å²) in [6, 6.07) is 23.0. The third kappa shape index (κ3) is 6.68. The van der Waals surface area contributed by atoms with Crippen LogP contribution in [-0.2, 0) is 17.8 Å². The average molecular weight is 508 g/mol. The van der Waals surface area contributed by atoms with Crippen LogP contribution in [0.1, 0.15) is 30.0 Å². The molecular formula is C28H26ClNO4S. The van der Waals surface area contributed by atoms with Gasteiger partial charge in [-0.3, -0.25) is 14.5 Å². The second kappa shape index (κ2) is 12.0. The van der Waals surface area contributed by atoms with Crippen LogP contribution in [0.15, 0.2) is 77.7 Å². The Labute approximate surface area is 214 Å². The lowest BCUT2D eigenvalue weighted by Gasteiger charge is -2.13. The van der Waals surface area contributed by atoms with Gasteiger partial charge >= 0.3 is 0 Å². The standard InChI is InChI=1S/C28H26ClNO4S/c1-2-33-25-17-22(12-15-24(25)34-19-21-10-13-23(29)14-11-21)18-26-27(31)30(28(32)35-26)16-6-9-20-7-4-3-5-8-20/h3-5,7-8,10-15,17-18H,2,6,9,16,19H2,1H3/b26-18+. The van der Waals surface area contributed by atoms with Gasteiger partial charge in [0.15, 0.2) is 11.5 Å². The molecule has 0 radical (unpaired) electrons. The number of hydrogen-bond acceptors (Lipinski definition) is 5. The molecule has 3 aromatic carbocycles. The summed E-state index contributed by atoms with van der Waals surface area (Å²) >= 11 is 6.92. The van der Waals surface area contributed by atoms with Crippen molar-refractivity contribution in [3.63, 3.8) is 0 Å². The molecule has 0 unspecified atom stereocenters. The number of benzene rings is 3. The minimum atomic E-state index is -0.255. The van der Waals surface area contributed by atoms with Crippen LogP contribution >= 0.6 is 23.4 Å². The van der Waals surface area contributed by atoms with Gasteiger partial charge < -0.3 is 9.47 Å². The molecule has 2 amide bonds. The van der Waals surface area contributed by atoms with Crippen LogP contribution < -0.4 is 9.47 Å². The van der Waals surface area contributed by atoms with E-state index < -0.39 is 0 Å². The summed E-state index contributed by atoms with van der Waals surface area (Å²) in [5.41, 5.74) is 2.95. The van der Waals surface area contributed by atoms with Gasteiger partial charge in [-0.15, -0.1) is 0 Å². The Morgan fingerprint density at radius 2 is 1.69 bits per heavy atom. The van der Waals surface area contributed by atoms with Crippen molar-refractivity contribution in [3.05, 3.63) is 99.4 Å². The third-order valence-corrected chi connectivity index (χ3v) is 6.60. The van der Waals surface area contributed by atoms with Gasteiger partial charge in [0.2, 0.25) is 0 Å². The molecule has 0 bridgehead atoms. The molecule has 180 valence electrons. The molecule has 0 saturated carbocycles. The Morgan fingerprint density at radius 1 is 0.914 bits per heavy atom. The first kappa shape index (κ1) is 24.9. The minimum Gasteiger partial charge on any atom is -0.490 e. The molecule has 5 nitrogen and oxygen atoms in total. The normalized spacial score (nSPS) is 14.6. The maximum atomic E-state index is 12.9. The van der Waals surface area contributed by atoms with Crippen molar-refractivity contribution in [2.75, 3.05) is 13.2 Å². The second-order valence-electron chi connectivity index (χ2n) is 7.98. The lowest BCUT2D eigenvalue weighted by atomic mass is 10.1. The van der Waals surface area contributed by atoms with Crippen molar-refractivity contribution >= 4 is 40.6 Å².